The molecule has 2 N–H and O–H groups in total. The minimum atomic E-state index is -1.00. The summed E-state index contributed by atoms with van der Waals surface area (Å²) in [6.07, 6.45) is -0.0731. The molecule has 0 radical (unpaired) electrons. The van der Waals surface area contributed by atoms with Gasteiger partial charge in [-0.3, -0.25) is 14.5 Å². The number of carbonyl (C=O) groups is 2. The quantitative estimate of drug-likeness (QED) is 0.827. The maximum atomic E-state index is 11.7. The summed E-state index contributed by atoms with van der Waals surface area (Å²) in [6, 6.07) is 6.57. The monoisotopic (exact) mass is 250 g/mol. The van der Waals surface area contributed by atoms with Gasteiger partial charge >= 0.3 is 5.97 Å². The predicted octanol–water partition coefficient (Wildman–Crippen LogP) is 1.34. The fourth-order valence-electron chi connectivity index (χ4n) is 1.60. The standard InChI is InChI=1S/C13H18N2O3/c1-9-5-4-6-10(7-9)14-12(16)8-11(13(17)18)15(2)3/h4-7,11H,8H2,1-3H3,(H,14,16)(H,17,18). The molecule has 1 amide bonds. The summed E-state index contributed by atoms with van der Waals surface area (Å²) in [7, 11) is 3.28. The molecule has 5 heteroatoms. The van der Waals surface area contributed by atoms with E-state index in [9.17, 15) is 9.59 Å². The summed E-state index contributed by atoms with van der Waals surface area (Å²) in [5.74, 6) is -1.30. The van der Waals surface area contributed by atoms with Crippen molar-refractivity contribution in [3.8, 4) is 0 Å². The van der Waals surface area contributed by atoms with Crippen molar-refractivity contribution in [3.05, 3.63) is 29.8 Å². The van der Waals surface area contributed by atoms with Gasteiger partial charge in [0.15, 0.2) is 0 Å². The molecule has 5 nitrogen and oxygen atoms in total. The molecule has 1 aromatic rings. The smallest absolute Gasteiger partial charge is 0.321 e. The molecular formula is C13H18N2O3. The second-order valence-corrected chi connectivity index (χ2v) is 4.44. The second-order valence-electron chi connectivity index (χ2n) is 4.44. The summed E-state index contributed by atoms with van der Waals surface area (Å²) in [6.45, 7) is 1.93. The fraction of sp³-hybridized carbons (Fsp3) is 0.385. The molecule has 0 aliphatic rings. The average molecular weight is 250 g/mol. The van der Waals surface area contributed by atoms with Crippen LogP contribution in [-0.4, -0.2) is 42.0 Å². The normalized spacial score (nSPS) is 12.2. The molecule has 0 fully saturated rings. The van der Waals surface area contributed by atoms with Gasteiger partial charge in [-0.15, -0.1) is 0 Å². The molecule has 0 heterocycles. The van der Waals surface area contributed by atoms with Gasteiger partial charge in [-0.1, -0.05) is 12.1 Å². The van der Waals surface area contributed by atoms with Gasteiger partial charge in [0.1, 0.15) is 6.04 Å². The van der Waals surface area contributed by atoms with Gasteiger partial charge in [0, 0.05) is 5.69 Å². The molecule has 1 aromatic carbocycles. The number of rotatable bonds is 5. The molecular weight excluding hydrogens is 232 g/mol. The largest absolute Gasteiger partial charge is 0.480 e. The number of carbonyl (C=O) groups excluding carboxylic acids is 1. The molecule has 0 aliphatic heterocycles. The summed E-state index contributed by atoms with van der Waals surface area (Å²) in [4.78, 5) is 24.2. The van der Waals surface area contributed by atoms with E-state index in [0.29, 0.717) is 5.69 Å². The summed E-state index contributed by atoms with van der Waals surface area (Å²) in [5, 5.41) is 11.7. The number of hydrogen-bond donors (Lipinski definition) is 2. The van der Waals surface area contributed by atoms with E-state index in [1.807, 2.05) is 25.1 Å². The van der Waals surface area contributed by atoms with Crippen LogP contribution < -0.4 is 5.32 Å². The SMILES string of the molecule is Cc1cccc(NC(=O)CC(C(=O)O)N(C)C)c1. The summed E-state index contributed by atoms with van der Waals surface area (Å²) >= 11 is 0. The van der Waals surface area contributed by atoms with Crippen molar-refractivity contribution in [2.24, 2.45) is 0 Å². The number of anilines is 1. The fourth-order valence-corrected chi connectivity index (χ4v) is 1.60. The lowest BCUT2D eigenvalue weighted by molar-refractivity contribution is -0.144. The van der Waals surface area contributed by atoms with Crippen LogP contribution in [0.3, 0.4) is 0 Å². The highest BCUT2D eigenvalue weighted by atomic mass is 16.4. The Morgan fingerprint density at radius 1 is 1.39 bits per heavy atom. The van der Waals surface area contributed by atoms with Gasteiger partial charge in [0.05, 0.1) is 6.42 Å². The van der Waals surface area contributed by atoms with Crippen LogP contribution in [0.2, 0.25) is 0 Å². The van der Waals surface area contributed by atoms with Crippen LogP contribution >= 0.6 is 0 Å². The third-order valence-electron chi connectivity index (χ3n) is 2.59. The number of carboxylic acid groups (broad SMARTS) is 1. The van der Waals surface area contributed by atoms with E-state index in [-0.39, 0.29) is 12.3 Å². The van der Waals surface area contributed by atoms with Gasteiger partial charge < -0.3 is 10.4 Å². The minimum absolute atomic E-state index is 0.0731. The lowest BCUT2D eigenvalue weighted by Crippen LogP contribution is -2.38. The zero-order valence-electron chi connectivity index (χ0n) is 10.8. The number of nitrogens with one attached hydrogen (secondary N) is 1. The Kier molecular flexibility index (Phi) is 4.85. The van der Waals surface area contributed by atoms with E-state index in [0.717, 1.165) is 5.56 Å². The number of likely N-dealkylation sites (N-methyl/N-ethyl adjacent to an activating group) is 1. The van der Waals surface area contributed by atoms with Crippen molar-refractivity contribution >= 4 is 17.6 Å². The number of benzene rings is 1. The zero-order valence-corrected chi connectivity index (χ0v) is 10.8. The molecule has 0 aromatic heterocycles. The molecule has 18 heavy (non-hydrogen) atoms. The third-order valence-corrected chi connectivity index (χ3v) is 2.59. The number of carboxylic acids is 1. The number of nitrogens with zero attached hydrogens (tertiary/aromatic N) is 1. The molecule has 1 atom stereocenters. The summed E-state index contributed by atoms with van der Waals surface area (Å²) in [5.41, 5.74) is 1.72. The van der Waals surface area contributed by atoms with Crippen molar-refractivity contribution in [2.75, 3.05) is 19.4 Å². The predicted molar refractivity (Wildman–Crippen MR) is 69.5 cm³/mol. The van der Waals surface area contributed by atoms with Crippen molar-refractivity contribution in [1.82, 2.24) is 4.90 Å². The van der Waals surface area contributed by atoms with Gasteiger partial charge in [-0.25, -0.2) is 0 Å². The van der Waals surface area contributed by atoms with Crippen LogP contribution in [0.25, 0.3) is 0 Å². The van der Waals surface area contributed by atoms with E-state index in [4.69, 9.17) is 5.11 Å². The Balaban J connectivity index is 2.63. The first-order valence-electron chi connectivity index (χ1n) is 5.66. The highest BCUT2D eigenvalue weighted by Gasteiger charge is 2.23. The molecule has 0 saturated carbocycles. The van der Waals surface area contributed by atoms with Crippen LogP contribution in [0.5, 0.6) is 0 Å². The molecule has 98 valence electrons. The molecule has 0 saturated heterocycles. The van der Waals surface area contributed by atoms with Crippen LogP contribution in [0.15, 0.2) is 24.3 Å². The van der Waals surface area contributed by atoms with Crippen LogP contribution in [0.1, 0.15) is 12.0 Å². The topological polar surface area (TPSA) is 69.6 Å². The first kappa shape index (κ1) is 14.2. The van der Waals surface area contributed by atoms with Crippen molar-refractivity contribution in [2.45, 2.75) is 19.4 Å². The highest BCUT2D eigenvalue weighted by molar-refractivity contribution is 5.94. The molecule has 1 unspecified atom stereocenters. The van der Waals surface area contributed by atoms with Gasteiger partial charge in [0.25, 0.3) is 0 Å². The highest BCUT2D eigenvalue weighted by Crippen LogP contribution is 2.11. The maximum Gasteiger partial charge on any atom is 0.321 e. The molecule has 1 rings (SSSR count). The van der Waals surface area contributed by atoms with Crippen molar-refractivity contribution in [3.63, 3.8) is 0 Å². The number of aryl methyl sites for hydroxylation is 1. The average Bonchev–Trinajstić information content (AvgIpc) is 2.25. The Labute approximate surface area is 106 Å². The van der Waals surface area contributed by atoms with E-state index >= 15 is 0 Å². The number of aliphatic carboxylic acids is 1. The molecule has 0 spiro atoms. The van der Waals surface area contributed by atoms with Crippen molar-refractivity contribution < 1.29 is 14.7 Å². The van der Waals surface area contributed by atoms with Crippen molar-refractivity contribution in [1.29, 1.82) is 0 Å². The lowest BCUT2D eigenvalue weighted by Gasteiger charge is -2.19. The molecule has 0 bridgehead atoms. The van der Waals surface area contributed by atoms with Gasteiger partial charge in [0.2, 0.25) is 5.91 Å². The Bertz CT molecular complexity index is 444. The first-order valence-corrected chi connectivity index (χ1v) is 5.66. The third kappa shape index (κ3) is 4.18. The van der Waals surface area contributed by atoms with Crippen LogP contribution in [0, 0.1) is 6.92 Å². The van der Waals surface area contributed by atoms with Crippen LogP contribution in [-0.2, 0) is 9.59 Å². The van der Waals surface area contributed by atoms with E-state index < -0.39 is 12.0 Å². The number of amides is 1. The Hall–Kier alpha value is -1.88. The van der Waals surface area contributed by atoms with Gasteiger partial charge in [-0.2, -0.15) is 0 Å². The Morgan fingerprint density at radius 3 is 2.56 bits per heavy atom. The van der Waals surface area contributed by atoms with E-state index in [1.165, 1.54) is 4.90 Å². The van der Waals surface area contributed by atoms with Gasteiger partial charge in [-0.05, 0) is 38.7 Å². The minimum Gasteiger partial charge on any atom is -0.480 e. The maximum absolute atomic E-state index is 11.7. The summed E-state index contributed by atoms with van der Waals surface area (Å²) < 4.78 is 0. The van der Waals surface area contributed by atoms with Crippen LogP contribution in [0.4, 0.5) is 5.69 Å². The lowest BCUT2D eigenvalue weighted by atomic mass is 10.1. The van der Waals surface area contributed by atoms with E-state index in [1.54, 1.807) is 20.2 Å². The zero-order chi connectivity index (χ0) is 13.7. The first-order chi connectivity index (χ1) is 8.40. The Morgan fingerprint density at radius 2 is 2.06 bits per heavy atom. The van der Waals surface area contributed by atoms with E-state index in [2.05, 4.69) is 5.32 Å². The number of hydrogen-bond acceptors (Lipinski definition) is 3. The second kappa shape index (κ2) is 6.16. The molecule has 0 aliphatic carbocycles.